The molecule has 4 aromatic rings. The molecule has 0 unspecified atom stereocenters. The normalized spacial score (nSPS) is 10.7. The molecular formula is C25H23N3O3S. The number of benzene rings is 1. The van der Waals surface area contributed by atoms with Crippen LogP contribution in [-0.2, 0) is 16.1 Å². The number of nitrogens with zero attached hydrogens (tertiary/aromatic N) is 2. The van der Waals surface area contributed by atoms with Gasteiger partial charge in [-0.2, -0.15) is 0 Å². The van der Waals surface area contributed by atoms with Gasteiger partial charge in [-0.15, -0.1) is 11.3 Å². The molecule has 32 heavy (non-hydrogen) atoms. The van der Waals surface area contributed by atoms with Crippen molar-refractivity contribution in [1.29, 1.82) is 0 Å². The maximum atomic E-state index is 13.2. The SMILES string of the molecule is CC(C)=CC(=O)Nc1scc(-c2ccccc2)c1C(=O)OCc1cn2cccc(C)c2n1. The number of imidazole rings is 1. The number of pyridine rings is 1. The Morgan fingerprint density at radius 2 is 1.94 bits per heavy atom. The van der Waals surface area contributed by atoms with Crippen LogP contribution in [0, 0.1) is 6.92 Å². The lowest BCUT2D eigenvalue weighted by Gasteiger charge is -2.08. The summed E-state index contributed by atoms with van der Waals surface area (Å²) in [6.07, 6.45) is 5.25. The maximum absolute atomic E-state index is 13.2. The zero-order valence-corrected chi connectivity index (χ0v) is 18.9. The first-order valence-corrected chi connectivity index (χ1v) is 11.0. The van der Waals surface area contributed by atoms with Crippen LogP contribution in [0.2, 0.25) is 0 Å². The number of anilines is 1. The number of carbonyl (C=O) groups is 2. The highest BCUT2D eigenvalue weighted by Gasteiger charge is 2.23. The summed E-state index contributed by atoms with van der Waals surface area (Å²) in [6.45, 7) is 5.70. The highest BCUT2D eigenvalue weighted by molar-refractivity contribution is 7.15. The van der Waals surface area contributed by atoms with Gasteiger partial charge in [0.25, 0.3) is 0 Å². The lowest BCUT2D eigenvalue weighted by Crippen LogP contribution is -2.13. The van der Waals surface area contributed by atoms with Crippen LogP contribution in [-0.4, -0.2) is 21.3 Å². The largest absolute Gasteiger partial charge is 0.455 e. The number of aromatic nitrogens is 2. The number of amides is 1. The predicted octanol–water partition coefficient (Wildman–Crippen LogP) is 5.63. The number of rotatable bonds is 6. The fourth-order valence-corrected chi connectivity index (χ4v) is 4.34. The van der Waals surface area contributed by atoms with Crippen LogP contribution in [0.5, 0.6) is 0 Å². The molecule has 0 atom stereocenters. The zero-order valence-electron chi connectivity index (χ0n) is 18.1. The van der Waals surface area contributed by atoms with E-state index in [1.165, 1.54) is 17.4 Å². The van der Waals surface area contributed by atoms with Crippen LogP contribution in [0.3, 0.4) is 0 Å². The number of aryl methyl sites for hydroxylation is 1. The molecule has 3 heterocycles. The van der Waals surface area contributed by atoms with Crippen molar-refractivity contribution in [2.75, 3.05) is 5.32 Å². The van der Waals surface area contributed by atoms with Gasteiger partial charge in [-0.3, -0.25) is 4.79 Å². The summed E-state index contributed by atoms with van der Waals surface area (Å²) in [4.78, 5) is 30.0. The molecule has 6 nitrogen and oxygen atoms in total. The van der Waals surface area contributed by atoms with E-state index in [-0.39, 0.29) is 12.5 Å². The minimum Gasteiger partial charge on any atom is -0.455 e. The number of carbonyl (C=O) groups excluding carboxylic acids is 2. The van der Waals surface area contributed by atoms with Gasteiger partial charge in [0.15, 0.2) is 0 Å². The third kappa shape index (κ3) is 4.63. The van der Waals surface area contributed by atoms with Crippen molar-refractivity contribution in [3.63, 3.8) is 0 Å². The minimum atomic E-state index is -0.508. The van der Waals surface area contributed by atoms with Gasteiger partial charge in [-0.25, -0.2) is 9.78 Å². The summed E-state index contributed by atoms with van der Waals surface area (Å²) in [5, 5.41) is 5.14. The molecule has 0 radical (unpaired) electrons. The minimum absolute atomic E-state index is 0.0331. The highest BCUT2D eigenvalue weighted by Crippen LogP contribution is 2.36. The second-order valence-electron chi connectivity index (χ2n) is 7.66. The summed E-state index contributed by atoms with van der Waals surface area (Å²) >= 11 is 1.30. The standard InChI is InChI=1S/C25H23N3O3S/c1-16(2)12-21(29)27-24-22(20(15-32-24)18-9-5-4-6-10-18)25(30)31-14-19-13-28-11-7-8-17(3)23(28)26-19/h4-13,15H,14H2,1-3H3,(H,27,29). The van der Waals surface area contributed by atoms with Crippen molar-refractivity contribution in [3.05, 3.63) is 88.7 Å². The van der Waals surface area contributed by atoms with E-state index in [1.807, 2.05) is 85.4 Å². The van der Waals surface area contributed by atoms with E-state index in [9.17, 15) is 9.59 Å². The fourth-order valence-electron chi connectivity index (χ4n) is 3.38. The van der Waals surface area contributed by atoms with E-state index in [4.69, 9.17) is 4.74 Å². The number of fused-ring (bicyclic) bond motifs is 1. The molecule has 3 aromatic heterocycles. The summed E-state index contributed by atoms with van der Waals surface area (Å²) in [6, 6.07) is 13.5. The topological polar surface area (TPSA) is 72.7 Å². The first kappa shape index (κ1) is 21.5. The van der Waals surface area contributed by atoms with Gasteiger partial charge in [0, 0.05) is 29.4 Å². The Labute approximate surface area is 190 Å². The second-order valence-corrected chi connectivity index (χ2v) is 8.54. The van der Waals surface area contributed by atoms with E-state index in [0.29, 0.717) is 16.3 Å². The predicted molar refractivity (Wildman–Crippen MR) is 127 cm³/mol. The molecule has 0 saturated carbocycles. The first-order chi connectivity index (χ1) is 15.4. The third-order valence-electron chi connectivity index (χ3n) is 4.82. The van der Waals surface area contributed by atoms with Crippen LogP contribution in [0.15, 0.2) is 71.9 Å². The fraction of sp³-hybridized carbons (Fsp3) is 0.160. The summed E-state index contributed by atoms with van der Waals surface area (Å²) < 4.78 is 7.54. The molecule has 0 spiro atoms. The zero-order chi connectivity index (χ0) is 22.7. The smallest absolute Gasteiger partial charge is 0.342 e. The van der Waals surface area contributed by atoms with E-state index >= 15 is 0 Å². The number of nitrogens with one attached hydrogen (secondary N) is 1. The van der Waals surface area contributed by atoms with E-state index in [1.54, 1.807) is 0 Å². The Balaban J connectivity index is 1.62. The molecule has 4 rings (SSSR count). The monoisotopic (exact) mass is 445 g/mol. The second kappa shape index (κ2) is 9.20. The van der Waals surface area contributed by atoms with Gasteiger partial charge in [-0.05, 0) is 38.0 Å². The summed E-state index contributed by atoms with van der Waals surface area (Å²) in [5.74, 6) is -0.789. The Morgan fingerprint density at radius 3 is 2.66 bits per heavy atom. The number of allylic oxidation sites excluding steroid dienone is 1. The van der Waals surface area contributed by atoms with Crippen LogP contribution in [0.25, 0.3) is 16.8 Å². The number of esters is 1. The van der Waals surface area contributed by atoms with Gasteiger partial charge in [0.05, 0.1) is 5.69 Å². The quantitative estimate of drug-likeness (QED) is 0.308. The molecule has 1 N–H and O–H groups in total. The molecule has 1 amide bonds. The Kier molecular flexibility index (Phi) is 6.18. The van der Waals surface area contributed by atoms with Crippen molar-refractivity contribution < 1.29 is 14.3 Å². The van der Waals surface area contributed by atoms with Crippen LogP contribution in [0.4, 0.5) is 5.00 Å². The molecule has 1 aromatic carbocycles. The maximum Gasteiger partial charge on any atom is 0.342 e. The molecule has 0 aliphatic heterocycles. The van der Waals surface area contributed by atoms with E-state index in [2.05, 4.69) is 10.3 Å². The van der Waals surface area contributed by atoms with Crippen LogP contribution < -0.4 is 5.32 Å². The Hall–Kier alpha value is -3.71. The van der Waals surface area contributed by atoms with Crippen molar-refractivity contribution in [1.82, 2.24) is 9.38 Å². The van der Waals surface area contributed by atoms with E-state index in [0.717, 1.165) is 27.9 Å². The van der Waals surface area contributed by atoms with Crippen LogP contribution in [0.1, 0.15) is 35.5 Å². The summed E-state index contributed by atoms with van der Waals surface area (Å²) in [7, 11) is 0. The number of thiophene rings is 1. The molecule has 0 aliphatic carbocycles. The number of hydrogen-bond acceptors (Lipinski definition) is 5. The highest BCUT2D eigenvalue weighted by atomic mass is 32.1. The van der Waals surface area contributed by atoms with E-state index < -0.39 is 5.97 Å². The van der Waals surface area contributed by atoms with Gasteiger partial charge >= 0.3 is 5.97 Å². The van der Waals surface area contributed by atoms with Gasteiger partial charge in [0.2, 0.25) is 5.91 Å². The molecule has 0 bridgehead atoms. The Bertz CT molecular complexity index is 1310. The average Bonchev–Trinajstić information content (AvgIpc) is 3.37. The van der Waals surface area contributed by atoms with Gasteiger partial charge in [0.1, 0.15) is 22.8 Å². The number of ether oxygens (including phenoxy) is 1. The average molecular weight is 446 g/mol. The lowest BCUT2D eigenvalue weighted by molar-refractivity contribution is -0.111. The molecule has 0 saturated heterocycles. The number of hydrogen-bond donors (Lipinski definition) is 1. The van der Waals surface area contributed by atoms with Crippen molar-refractivity contribution in [2.24, 2.45) is 0 Å². The lowest BCUT2D eigenvalue weighted by atomic mass is 10.0. The molecular weight excluding hydrogens is 422 g/mol. The van der Waals surface area contributed by atoms with Crippen molar-refractivity contribution in [3.8, 4) is 11.1 Å². The molecule has 162 valence electrons. The molecule has 0 fully saturated rings. The van der Waals surface area contributed by atoms with Crippen LogP contribution >= 0.6 is 11.3 Å². The Morgan fingerprint density at radius 1 is 1.16 bits per heavy atom. The van der Waals surface area contributed by atoms with Crippen molar-refractivity contribution in [2.45, 2.75) is 27.4 Å². The first-order valence-electron chi connectivity index (χ1n) is 10.2. The summed E-state index contributed by atoms with van der Waals surface area (Å²) in [5.41, 5.74) is 5.33. The van der Waals surface area contributed by atoms with Gasteiger partial charge < -0.3 is 14.5 Å². The molecule has 0 aliphatic rings. The van der Waals surface area contributed by atoms with Gasteiger partial charge in [-0.1, -0.05) is 42.0 Å². The molecule has 7 heteroatoms. The third-order valence-corrected chi connectivity index (χ3v) is 5.71. The van der Waals surface area contributed by atoms with Crippen molar-refractivity contribution >= 4 is 33.9 Å².